The molecule has 7 nitrogen and oxygen atoms in total. The van der Waals surface area contributed by atoms with Crippen LogP contribution in [0.2, 0.25) is 0 Å². The van der Waals surface area contributed by atoms with Crippen LogP contribution in [0.15, 0.2) is 48.5 Å². The number of rotatable bonds is 4. The van der Waals surface area contributed by atoms with E-state index in [0.717, 1.165) is 25.1 Å². The predicted octanol–water partition coefficient (Wildman–Crippen LogP) is 2.12. The number of amides is 1. The second-order valence-electron chi connectivity index (χ2n) is 7.51. The number of carbonyl (C=O) groups is 2. The Morgan fingerprint density at radius 3 is 2.66 bits per heavy atom. The molecule has 1 amide bonds. The second-order valence-corrected chi connectivity index (χ2v) is 7.51. The van der Waals surface area contributed by atoms with Gasteiger partial charge in [0, 0.05) is 30.7 Å². The zero-order valence-electron chi connectivity index (χ0n) is 16.2. The monoisotopic (exact) mass is 396 g/mol. The summed E-state index contributed by atoms with van der Waals surface area (Å²) >= 11 is 0. The molecule has 2 heterocycles. The van der Waals surface area contributed by atoms with Crippen LogP contribution in [0.4, 0.5) is 0 Å². The summed E-state index contributed by atoms with van der Waals surface area (Å²) in [5.74, 6) is -1.07. The first kappa shape index (κ1) is 19.4. The van der Waals surface area contributed by atoms with Gasteiger partial charge in [0.15, 0.2) is 0 Å². The van der Waals surface area contributed by atoms with Crippen molar-refractivity contribution in [3.63, 3.8) is 0 Å². The molecule has 0 spiro atoms. The quantitative estimate of drug-likeness (QED) is 0.770. The molecule has 0 aromatic heterocycles. The molecule has 7 heteroatoms. The van der Waals surface area contributed by atoms with Gasteiger partial charge in [-0.15, -0.1) is 0 Å². The maximum absolute atomic E-state index is 12.7. The number of hydrogen-bond donors (Lipinski definition) is 2. The molecule has 0 unspecified atom stereocenters. The minimum absolute atomic E-state index is 0.0189. The molecule has 2 aromatic rings. The first-order chi connectivity index (χ1) is 14.0. The van der Waals surface area contributed by atoms with Gasteiger partial charge in [-0.1, -0.05) is 30.3 Å². The Morgan fingerprint density at radius 1 is 1.14 bits per heavy atom. The summed E-state index contributed by atoms with van der Waals surface area (Å²) in [6.45, 7) is 2.16. The number of morpholine rings is 1. The maximum atomic E-state index is 12.7. The Balaban J connectivity index is 1.40. The van der Waals surface area contributed by atoms with E-state index in [1.54, 1.807) is 0 Å². The van der Waals surface area contributed by atoms with Crippen LogP contribution < -0.4 is 5.32 Å². The van der Waals surface area contributed by atoms with E-state index in [1.165, 1.54) is 25.3 Å². The fraction of sp³-hybridized carbons (Fsp3) is 0.364. The zero-order chi connectivity index (χ0) is 20.4. The summed E-state index contributed by atoms with van der Waals surface area (Å²) in [4.78, 5) is 26.8. The summed E-state index contributed by atoms with van der Waals surface area (Å²) in [7, 11) is 1.26. The smallest absolute Gasteiger partial charge is 0.338 e. The molecule has 0 bridgehead atoms. The lowest BCUT2D eigenvalue weighted by Gasteiger charge is -2.35. The van der Waals surface area contributed by atoms with Gasteiger partial charge >= 0.3 is 5.97 Å². The van der Waals surface area contributed by atoms with Crippen molar-refractivity contribution >= 4 is 11.9 Å². The Morgan fingerprint density at radius 2 is 1.90 bits per heavy atom. The van der Waals surface area contributed by atoms with Gasteiger partial charge in [-0.3, -0.25) is 9.69 Å². The molecule has 2 aromatic carbocycles. The number of fused-ring (bicyclic) bond motifs is 1. The van der Waals surface area contributed by atoms with E-state index in [1.807, 2.05) is 18.2 Å². The van der Waals surface area contributed by atoms with Crippen LogP contribution in [0.25, 0.3) is 0 Å². The van der Waals surface area contributed by atoms with E-state index in [0.29, 0.717) is 6.61 Å². The zero-order valence-corrected chi connectivity index (χ0v) is 16.2. The van der Waals surface area contributed by atoms with Crippen LogP contribution in [0.3, 0.4) is 0 Å². The molecule has 0 saturated carbocycles. The lowest BCUT2D eigenvalue weighted by molar-refractivity contribution is -0.0502. The molecule has 4 rings (SSSR count). The van der Waals surface area contributed by atoms with E-state index in [2.05, 4.69) is 27.1 Å². The highest BCUT2D eigenvalue weighted by molar-refractivity contribution is 5.98. The number of phenols is 1. The topological polar surface area (TPSA) is 88.1 Å². The SMILES string of the molecule is COC(=O)c1cc(O)cc(C(=O)N[C@H]2C[C@H]3CO[C@@H](c4ccccc4)CN3C2)c1. The van der Waals surface area contributed by atoms with Crippen molar-refractivity contribution in [2.45, 2.75) is 24.6 Å². The number of ether oxygens (including phenoxy) is 2. The normalized spacial score (nSPS) is 24.0. The average molecular weight is 396 g/mol. The van der Waals surface area contributed by atoms with Crippen LogP contribution in [0.1, 0.15) is 38.8 Å². The number of phenolic OH excluding ortho intramolecular Hbond substituents is 1. The van der Waals surface area contributed by atoms with Crippen molar-refractivity contribution in [3.8, 4) is 5.75 Å². The molecule has 2 saturated heterocycles. The van der Waals surface area contributed by atoms with Crippen LogP contribution >= 0.6 is 0 Å². The highest BCUT2D eigenvalue weighted by Gasteiger charge is 2.38. The van der Waals surface area contributed by atoms with E-state index in [4.69, 9.17) is 4.74 Å². The molecule has 2 fully saturated rings. The Bertz CT molecular complexity index is 901. The van der Waals surface area contributed by atoms with Gasteiger partial charge in [0.05, 0.1) is 25.4 Å². The van der Waals surface area contributed by atoms with Gasteiger partial charge in [0.25, 0.3) is 5.91 Å². The minimum Gasteiger partial charge on any atom is -0.508 e. The van der Waals surface area contributed by atoms with E-state index in [-0.39, 0.29) is 41.0 Å². The first-order valence-electron chi connectivity index (χ1n) is 9.67. The fourth-order valence-electron chi connectivity index (χ4n) is 4.09. The number of benzene rings is 2. The molecule has 3 atom stereocenters. The van der Waals surface area contributed by atoms with Crippen molar-refractivity contribution in [3.05, 3.63) is 65.2 Å². The molecule has 2 aliphatic heterocycles. The van der Waals surface area contributed by atoms with Crippen molar-refractivity contribution < 1.29 is 24.2 Å². The average Bonchev–Trinajstić information content (AvgIpc) is 3.14. The Hall–Kier alpha value is -2.90. The molecule has 152 valence electrons. The largest absolute Gasteiger partial charge is 0.508 e. The predicted molar refractivity (Wildman–Crippen MR) is 106 cm³/mol. The summed E-state index contributed by atoms with van der Waals surface area (Å²) in [6, 6.07) is 14.5. The number of nitrogens with zero attached hydrogens (tertiary/aromatic N) is 1. The number of aromatic hydroxyl groups is 1. The highest BCUT2D eigenvalue weighted by atomic mass is 16.5. The van der Waals surface area contributed by atoms with Gasteiger partial charge in [-0.25, -0.2) is 4.79 Å². The van der Waals surface area contributed by atoms with Crippen molar-refractivity contribution in [1.29, 1.82) is 0 Å². The van der Waals surface area contributed by atoms with Gasteiger partial charge in [0.1, 0.15) is 5.75 Å². The lowest BCUT2D eigenvalue weighted by atomic mass is 10.1. The standard InChI is InChI=1S/C22H24N2O5/c1-28-22(27)16-7-15(8-19(25)9-16)21(26)23-17-10-18-13-29-20(12-24(18)11-17)14-5-3-2-4-6-14/h2-9,17-18,20,25H,10-13H2,1H3,(H,23,26)/t17-,18-,20+/m0/s1. The first-order valence-corrected chi connectivity index (χ1v) is 9.67. The molecular formula is C22H24N2O5. The second kappa shape index (κ2) is 8.23. The minimum atomic E-state index is -0.600. The molecule has 2 N–H and O–H groups in total. The summed E-state index contributed by atoms with van der Waals surface area (Å²) in [5, 5.41) is 12.9. The third-order valence-electron chi connectivity index (χ3n) is 5.53. The van der Waals surface area contributed by atoms with Crippen molar-refractivity contribution in [2.75, 3.05) is 26.8 Å². The van der Waals surface area contributed by atoms with Crippen LogP contribution in [0.5, 0.6) is 5.75 Å². The number of methoxy groups -OCH3 is 1. The lowest BCUT2D eigenvalue weighted by Crippen LogP contribution is -2.43. The van der Waals surface area contributed by atoms with Crippen LogP contribution in [-0.2, 0) is 9.47 Å². The Labute approximate surface area is 169 Å². The third kappa shape index (κ3) is 4.26. The maximum Gasteiger partial charge on any atom is 0.338 e. The highest BCUT2D eigenvalue weighted by Crippen LogP contribution is 2.30. The molecule has 0 aliphatic carbocycles. The summed E-state index contributed by atoms with van der Waals surface area (Å²) in [5.41, 5.74) is 1.53. The summed E-state index contributed by atoms with van der Waals surface area (Å²) in [6.07, 6.45) is 0.839. The van der Waals surface area contributed by atoms with Gasteiger partial charge in [0.2, 0.25) is 0 Å². The number of hydrogen-bond acceptors (Lipinski definition) is 6. The number of carbonyl (C=O) groups excluding carboxylic acids is 2. The van der Waals surface area contributed by atoms with Gasteiger partial charge in [-0.05, 0) is 30.2 Å². The molecular weight excluding hydrogens is 372 g/mol. The summed E-state index contributed by atoms with van der Waals surface area (Å²) < 4.78 is 10.7. The number of esters is 1. The van der Waals surface area contributed by atoms with Crippen molar-refractivity contribution in [1.82, 2.24) is 10.2 Å². The Kier molecular flexibility index (Phi) is 5.51. The fourth-order valence-corrected chi connectivity index (χ4v) is 4.09. The van der Waals surface area contributed by atoms with Gasteiger partial charge < -0.3 is 19.9 Å². The van der Waals surface area contributed by atoms with E-state index in [9.17, 15) is 14.7 Å². The molecule has 2 aliphatic rings. The van der Waals surface area contributed by atoms with Crippen molar-refractivity contribution in [2.24, 2.45) is 0 Å². The third-order valence-corrected chi connectivity index (χ3v) is 5.53. The van der Waals surface area contributed by atoms with E-state index < -0.39 is 5.97 Å². The van der Waals surface area contributed by atoms with Gasteiger partial charge in [-0.2, -0.15) is 0 Å². The molecule has 0 radical (unpaired) electrons. The van der Waals surface area contributed by atoms with E-state index >= 15 is 0 Å². The molecule has 29 heavy (non-hydrogen) atoms. The number of nitrogens with one attached hydrogen (secondary N) is 1. The van der Waals surface area contributed by atoms with Crippen LogP contribution in [0, 0.1) is 0 Å². The van der Waals surface area contributed by atoms with Crippen LogP contribution in [-0.4, -0.2) is 60.8 Å².